The summed E-state index contributed by atoms with van der Waals surface area (Å²) in [6, 6.07) is 9.51. The van der Waals surface area contributed by atoms with E-state index in [1.165, 1.54) is 0 Å². The average Bonchev–Trinajstić information content (AvgIpc) is 2.88. The van der Waals surface area contributed by atoms with Crippen molar-refractivity contribution in [2.24, 2.45) is 0 Å². The van der Waals surface area contributed by atoms with Crippen molar-refractivity contribution in [3.05, 3.63) is 35.9 Å². The Hall–Kier alpha value is -1.68. The first-order chi connectivity index (χ1) is 9.63. The highest BCUT2D eigenvalue weighted by Crippen LogP contribution is 2.26. The first-order valence-electron chi connectivity index (χ1n) is 7.01. The van der Waals surface area contributed by atoms with E-state index in [-0.39, 0.29) is 17.7 Å². The van der Waals surface area contributed by atoms with Crippen LogP contribution in [-0.2, 0) is 14.3 Å². The number of methoxy groups -OCH3 is 1. The summed E-state index contributed by atoms with van der Waals surface area (Å²) in [5, 5.41) is 0. The number of likely N-dealkylation sites (tertiary alicyclic amines) is 1. The van der Waals surface area contributed by atoms with Gasteiger partial charge in [-0.05, 0) is 25.3 Å². The van der Waals surface area contributed by atoms with Gasteiger partial charge in [-0.25, -0.2) is 0 Å². The third-order valence-corrected chi connectivity index (χ3v) is 3.75. The Balaban J connectivity index is 2.14. The minimum atomic E-state index is -0.580. The van der Waals surface area contributed by atoms with Crippen LogP contribution in [0.2, 0.25) is 0 Å². The van der Waals surface area contributed by atoms with E-state index in [1.807, 2.05) is 35.2 Å². The Morgan fingerprint density at radius 3 is 2.65 bits per heavy atom. The number of amides is 1. The molecule has 20 heavy (non-hydrogen) atoms. The zero-order chi connectivity index (χ0) is 14.5. The molecule has 0 aromatic heterocycles. The van der Waals surface area contributed by atoms with Crippen molar-refractivity contribution in [2.75, 3.05) is 13.7 Å². The standard InChI is InChI=1S/C16H21NO3/c1-12(18)11-14-9-6-10-17(14)16(19)15(20-2)13-7-4-3-5-8-13/h3-5,7-8,14-15H,6,9-11H2,1-2H3. The van der Waals surface area contributed by atoms with Crippen molar-refractivity contribution in [1.82, 2.24) is 4.90 Å². The van der Waals surface area contributed by atoms with Crippen LogP contribution < -0.4 is 0 Å². The maximum absolute atomic E-state index is 12.7. The molecule has 108 valence electrons. The van der Waals surface area contributed by atoms with Gasteiger partial charge in [0, 0.05) is 26.1 Å². The minimum absolute atomic E-state index is 0.0290. The van der Waals surface area contributed by atoms with Crippen LogP contribution in [0.1, 0.15) is 37.9 Å². The zero-order valence-corrected chi connectivity index (χ0v) is 12.0. The number of nitrogens with zero attached hydrogens (tertiary/aromatic N) is 1. The number of ether oxygens (including phenoxy) is 1. The van der Waals surface area contributed by atoms with Crippen molar-refractivity contribution in [1.29, 1.82) is 0 Å². The number of hydrogen-bond donors (Lipinski definition) is 0. The van der Waals surface area contributed by atoms with E-state index in [9.17, 15) is 9.59 Å². The van der Waals surface area contributed by atoms with E-state index < -0.39 is 6.10 Å². The fourth-order valence-corrected chi connectivity index (χ4v) is 2.83. The molecule has 0 aliphatic carbocycles. The van der Waals surface area contributed by atoms with Gasteiger partial charge in [-0.3, -0.25) is 9.59 Å². The summed E-state index contributed by atoms with van der Waals surface area (Å²) in [5.74, 6) is 0.0887. The lowest BCUT2D eigenvalue weighted by molar-refractivity contribution is -0.143. The smallest absolute Gasteiger partial charge is 0.256 e. The van der Waals surface area contributed by atoms with E-state index in [1.54, 1.807) is 14.0 Å². The maximum Gasteiger partial charge on any atom is 0.256 e. The predicted octanol–water partition coefficient (Wildman–Crippen LogP) is 2.34. The fourth-order valence-electron chi connectivity index (χ4n) is 2.83. The van der Waals surface area contributed by atoms with Crippen LogP contribution in [0, 0.1) is 0 Å². The van der Waals surface area contributed by atoms with Crippen molar-refractivity contribution in [2.45, 2.75) is 38.3 Å². The van der Waals surface area contributed by atoms with Crippen LogP contribution in [0.5, 0.6) is 0 Å². The number of rotatable bonds is 5. The summed E-state index contributed by atoms with van der Waals surface area (Å²) in [6.45, 7) is 2.29. The Morgan fingerprint density at radius 2 is 2.05 bits per heavy atom. The number of carbonyl (C=O) groups excluding carboxylic acids is 2. The lowest BCUT2D eigenvalue weighted by Crippen LogP contribution is -2.40. The van der Waals surface area contributed by atoms with E-state index in [4.69, 9.17) is 4.74 Å². The topological polar surface area (TPSA) is 46.6 Å². The van der Waals surface area contributed by atoms with Crippen LogP contribution in [-0.4, -0.2) is 36.3 Å². The second-order valence-electron chi connectivity index (χ2n) is 5.26. The molecule has 1 aromatic rings. The lowest BCUT2D eigenvalue weighted by Gasteiger charge is -2.28. The van der Waals surface area contributed by atoms with E-state index in [2.05, 4.69) is 0 Å². The molecule has 1 aromatic carbocycles. The molecule has 4 heteroatoms. The van der Waals surface area contributed by atoms with Crippen LogP contribution in [0.4, 0.5) is 0 Å². The molecule has 1 fully saturated rings. The third-order valence-electron chi connectivity index (χ3n) is 3.75. The van der Waals surface area contributed by atoms with Crippen LogP contribution in [0.15, 0.2) is 30.3 Å². The molecule has 0 N–H and O–H groups in total. The quantitative estimate of drug-likeness (QED) is 0.828. The highest BCUT2D eigenvalue weighted by atomic mass is 16.5. The highest BCUT2D eigenvalue weighted by Gasteiger charge is 2.34. The molecule has 1 heterocycles. The highest BCUT2D eigenvalue weighted by molar-refractivity contribution is 5.84. The predicted molar refractivity (Wildman–Crippen MR) is 76.2 cm³/mol. The Labute approximate surface area is 119 Å². The average molecular weight is 275 g/mol. The fraction of sp³-hybridized carbons (Fsp3) is 0.500. The monoisotopic (exact) mass is 275 g/mol. The molecule has 1 aliphatic rings. The molecule has 0 radical (unpaired) electrons. The van der Waals surface area contributed by atoms with Gasteiger partial charge >= 0.3 is 0 Å². The van der Waals surface area contributed by atoms with Gasteiger partial charge in [0.15, 0.2) is 6.10 Å². The number of hydrogen-bond acceptors (Lipinski definition) is 3. The SMILES string of the molecule is COC(C(=O)N1CCCC1CC(C)=O)c1ccccc1. The molecule has 2 atom stereocenters. The third kappa shape index (κ3) is 3.25. The van der Waals surface area contributed by atoms with Crippen LogP contribution in [0.3, 0.4) is 0 Å². The number of Topliss-reactive ketones (excluding diaryl/α,β-unsaturated/α-hetero) is 1. The van der Waals surface area contributed by atoms with Gasteiger partial charge in [0.2, 0.25) is 0 Å². The molecule has 1 saturated heterocycles. The second kappa shape index (κ2) is 6.66. The first-order valence-corrected chi connectivity index (χ1v) is 7.01. The Morgan fingerprint density at radius 1 is 1.35 bits per heavy atom. The maximum atomic E-state index is 12.7. The Kier molecular flexibility index (Phi) is 4.90. The van der Waals surface area contributed by atoms with Gasteiger partial charge in [-0.15, -0.1) is 0 Å². The lowest BCUT2D eigenvalue weighted by atomic mass is 10.1. The van der Waals surface area contributed by atoms with Gasteiger partial charge in [0.05, 0.1) is 0 Å². The first kappa shape index (κ1) is 14.7. The van der Waals surface area contributed by atoms with Gasteiger partial charge in [-0.1, -0.05) is 30.3 Å². The molecular formula is C16H21NO3. The van der Waals surface area contributed by atoms with Crippen molar-refractivity contribution >= 4 is 11.7 Å². The summed E-state index contributed by atoms with van der Waals surface area (Å²) in [4.78, 5) is 25.8. The van der Waals surface area contributed by atoms with E-state index in [0.717, 1.165) is 18.4 Å². The van der Waals surface area contributed by atoms with Crippen molar-refractivity contribution < 1.29 is 14.3 Å². The number of carbonyl (C=O) groups is 2. The molecule has 0 saturated carbocycles. The Bertz CT molecular complexity index is 472. The summed E-state index contributed by atoms with van der Waals surface area (Å²) < 4.78 is 5.39. The number of ketones is 1. The van der Waals surface area contributed by atoms with Crippen molar-refractivity contribution in [3.63, 3.8) is 0 Å². The minimum Gasteiger partial charge on any atom is -0.367 e. The van der Waals surface area contributed by atoms with Gasteiger partial charge in [0.25, 0.3) is 5.91 Å². The van der Waals surface area contributed by atoms with Gasteiger partial charge in [-0.2, -0.15) is 0 Å². The van der Waals surface area contributed by atoms with E-state index >= 15 is 0 Å². The zero-order valence-electron chi connectivity index (χ0n) is 12.0. The molecule has 0 spiro atoms. The summed E-state index contributed by atoms with van der Waals surface area (Å²) >= 11 is 0. The molecular weight excluding hydrogens is 254 g/mol. The normalized spacial score (nSPS) is 19.9. The molecule has 0 bridgehead atoms. The molecule has 1 amide bonds. The summed E-state index contributed by atoms with van der Waals surface area (Å²) in [7, 11) is 1.55. The van der Waals surface area contributed by atoms with Gasteiger partial charge in [0.1, 0.15) is 5.78 Å². The van der Waals surface area contributed by atoms with Crippen LogP contribution in [0.25, 0.3) is 0 Å². The summed E-state index contributed by atoms with van der Waals surface area (Å²) in [5.41, 5.74) is 0.855. The molecule has 4 nitrogen and oxygen atoms in total. The van der Waals surface area contributed by atoms with Crippen molar-refractivity contribution in [3.8, 4) is 0 Å². The largest absolute Gasteiger partial charge is 0.367 e. The molecule has 1 aliphatic heterocycles. The summed E-state index contributed by atoms with van der Waals surface area (Å²) in [6.07, 6.45) is 1.71. The van der Waals surface area contributed by atoms with Crippen LogP contribution >= 0.6 is 0 Å². The number of benzene rings is 1. The van der Waals surface area contributed by atoms with Gasteiger partial charge < -0.3 is 9.64 Å². The second-order valence-corrected chi connectivity index (χ2v) is 5.26. The van der Waals surface area contributed by atoms with E-state index in [0.29, 0.717) is 13.0 Å². The molecule has 2 unspecified atom stereocenters. The molecule has 2 rings (SSSR count).